The average molecular weight is 229 g/mol. The molecule has 0 saturated carbocycles. The van der Waals surface area contributed by atoms with Crippen molar-refractivity contribution in [2.24, 2.45) is 0 Å². The predicted octanol–water partition coefficient (Wildman–Crippen LogP) is 3.38. The minimum absolute atomic E-state index is 0.610. The van der Waals surface area contributed by atoms with Crippen molar-refractivity contribution in [3.05, 3.63) is 39.7 Å². The quantitative estimate of drug-likeness (QED) is 0.858. The summed E-state index contributed by atoms with van der Waals surface area (Å²) in [7, 11) is 0. The van der Waals surface area contributed by atoms with Crippen LogP contribution in [0.25, 0.3) is 0 Å². The van der Waals surface area contributed by atoms with E-state index in [-0.39, 0.29) is 0 Å². The van der Waals surface area contributed by atoms with Crippen LogP contribution in [0.2, 0.25) is 0 Å². The molecule has 1 heterocycles. The number of hydrogen-bond acceptors (Lipinski definition) is 4. The van der Waals surface area contributed by atoms with Gasteiger partial charge >= 0.3 is 0 Å². The number of nitrogens with zero attached hydrogens (tertiary/aromatic N) is 2. The van der Waals surface area contributed by atoms with Gasteiger partial charge in [-0.25, -0.2) is 4.98 Å². The molecule has 0 aliphatic carbocycles. The van der Waals surface area contributed by atoms with E-state index in [1.807, 2.05) is 26.0 Å². The molecule has 0 unspecified atom stereocenters. The zero-order valence-electron chi connectivity index (χ0n) is 9.11. The van der Waals surface area contributed by atoms with Gasteiger partial charge in [0.15, 0.2) is 5.82 Å². The lowest BCUT2D eigenvalue weighted by molar-refractivity contribution is 1.33. The Bertz CT molecular complexity index is 531. The standard InChI is InChI=1S/C12H11N3S/c1-8-3-9(2)5-10(4-8)15-12-11(6-13)16-7-14-12/h3-5,7,15H,1-2H3. The third-order valence-electron chi connectivity index (χ3n) is 2.15. The van der Waals surface area contributed by atoms with Crippen LogP contribution in [0.1, 0.15) is 16.0 Å². The molecule has 0 spiro atoms. The van der Waals surface area contributed by atoms with Gasteiger partial charge in [0.25, 0.3) is 0 Å². The van der Waals surface area contributed by atoms with Gasteiger partial charge in [0, 0.05) is 5.69 Å². The second kappa shape index (κ2) is 4.33. The number of aryl methyl sites for hydroxylation is 2. The molecule has 16 heavy (non-hydrogen) atoms. The first-order valence-corrected chi connectivity index (χ1v) is 5.76. The fraction of sp³-hybridized carbons (Fsp3) is 0.167. The highest BCUT2D eigenvalue weighted by Gasteiger charge is 2.05. The van der Waals surface area contributed by atoms with E-state index in [0.29, 0.717) is 10.7 Å². The fourth-order valence-corrected chi connectivity index (χ4v) is 2.13. The lowest BCUT2D eigenvalue weighted by Gasteiger charge is -2.06. The highest BCUT2D eigenvalue weighted by Crippen LogP contribution is 2.23. The van der Waals surface area contributed by atoms with Crippen molar-refractivity contribution in [2.75, 3.05) is 5.32 Å². The zero-order chi connectivity index (χ0) is 11.5. The highest BCUT2D eigenvalue weighted by molar-refractivity contribution is 7.10. The van der Waals surface area contributed by atoms with Crippen LogP contribution < -0.4 is 5.32 Å². The Balaban J connectivity index is 2.31. The van der Waals surface area contributed by atoms with E-state index < -0.39 is 0 Å². The van der Waals surface area contributed by atoms with Crippen molar-refractivity contribution in [3.63, 3.8) is 0 Å². The average Bonchev–Trinajstić information content (AvgIpc) is 2.63. The molecule has 1 N–H and O–H groups in total. The van der Waals surface area contributed by atoms with Crippen LogP contribution in [0.4, 0.5) is 11.5 Å². The summed E-state index contributed by atoms with van der Waals surface area (Å²) < 4.78 is 0. The van der Waals surface area contributed by atoms with Crippen molar-refractivity contribution >= 4 is 22.8 Å². The smallest absolute Gasteiger partial charge is 0.159 e. The Labute approximate surface area is 98.4 Å². The number of hydrogen-bond donors (Lipinski definition) is 1. The summed E-state index contributed by atoms with van der Waals surface area (Å²) in [6.07, 6.45) is 0. The minimum atomic E-state index is 0.610. The number of nitrogens with one attached hydrogen (secondary N) is 1. The summed E-state index contributed by atoms with van der Waals surface area (Å²) in [4.78, 5) is 4.74. The summed E-state index contributed by atoms with van der Waals surface area (Å²) in [5, 5.41) is 12.0. The molecule has 0 radical (unpaired) electrons. The van der Waals surface area contributed by atoms with Gasteiger partial charge in [0.1, 0.15) is 10.9 Å². The second-order valence-corrected chi connectivity index (χ2v) is 4.50. The minimum Gasteiger partial charge on any atom is -0.338 e. The molecule has 0 saturated heterocycles. The van der Waals surface area contributed by atoms with E-state index in [1.54, 1.807) is 5.51 Å². The van der Waals surface area contributed by atoms with Crippen molar-refractivity contribution < 1.29 is 0 Å². The maximum atomic E-state index is 8.87. The van der Waals surface area contributed by atoms with Gasteiger partial charge in [-0.1, -0.05) is 6.07 Å². The number of nitriles is 1. The van der Waals surface area contributed by atoms with E-state index in [0.717, 1.165) is 5.69 Å². The Morgan fingerprint density at radius 2 is 1.94 bits per heavy atom. The van der Waals surface area contributed by atoms with Crippen molar-refractivity contribution in [2.45, 2.75) is 13.8 Å². The van der Waals surface area contributed by atoms with Gasteiger partial charge in [-0.05, 0) is 37.1 Å². The molecule has 0 fully saturated rings. The van der Waals surface area contributed by atoms with Crippen LogP contribution in [0.5, 0.6) is 0 Å². The van der Waals surface area contributed by atoms with E-state index in [2.05, 4.69) is 22.4 Å². The van der Waals surface area contributed by atoms with Crippen molar-refractivity contribution in [1.29, 1.82) is 5.26 Å². The summed E-state index contributed by atoms with van der Waals surface area (Å²) in [5.41, 5.74) is 5.02. The maximum absolute atomic E-state index is 8.87. The molecule has 0 amide bonds. The van der Waals surface area contributed by atoms with Gasteiger partial charge < -0.3 is 5.32 Å². The van der Waals surface area contributed by atoms with Crippen LogP contribution in [0, 0.1) is 25.2 Å². The first kappa shape index (κ1) is 10.7. The number of rotatable bonds is 2. The highest BCUT2D eigenvalue weighted by atomic mass is 32.1. The monoisotopic (exact) mass is 229 g/mol. The molecule has 2 rings (SSSR count). The summed E-state index contributed by atoms with van der Waals surface area (Å²) >= 11 is 1.34. The number of thiazole rings is 1. The van der Waals surface area contributed by atoms with E-state index in [4.69, 9.17) is 5.26 Å². The van der Waals surface area contributed by atoms with Crippen LogP contribution in [0.3, 0.4) is 0 Å². The predicted molar refractivity (Wildman–Crippen MR) is 66.0 cm³/mol. The second-order valence-electron chi connectivity index (χ2n) is 3.64. The molecular formula is C12H11N3S. The SMILES string of the molecule is Cc1cc(C)cc(Nc2ncsc2C#N)c1. The lowest BCUT2D eigenvalue weighted by Crippen LogP contribution is -1.93. The molecule has 0 bridgehead atoms. The summed E-state index contributed by atoms with van der Waals surface area (Å²) in [6, 6.07) is 8.30. The number of benzene rings is 1. The van der Waals surface area contributed by atoms with Gasteiger partial charge in [0.05, 0.1) is 5.51 Å². The molecule has 0 atom stereocenters. The molecule has 80 valence electrons. The summed E-state index contributed by atoms with van der Waals surface area (Å²) in [6.45, 7) is 4.09. The van der Waals surface area contributed by atoms with Crippen LogP contribution >= 0.6 is 11.3 Å². The van der Waals surface area contributed by atoms with E-state index >= 15 is 0 Å². The Morgan fingerprint density at radius 3 is 2.56 bits per heavy atom. The van der Waals surface area contributed by atoms with Crippen molar-refractivity contribution in [1.82, 2.24) is 4.98 Å². The third kappa shape index (κ3) is 2.20. The van der Waals surface area contributed by atoms with Gasteiger partial charge in [0.2, 0.25) is 0 Å². The number of anilines is 2. The molecular weight excluding hydrogens is 218 g/mol. The van der Waals surface area contributed by atoms with E-state index in [9.17, 15) is 0 Å². The molecule has 4 heteroatoms. The largest absolute Gasteiger partial charge is 0.338 e. The zero-order valence-corrected chi connectivity index (χ0v) is 9.93. The first-order valence-electron chi connectivity index (χ1n) is 4.88. The Kier molecular flexibility index (Phi) is 2.88. The molecule has 1 aromatic carbocycles. The molecule has 0 aliphatic rings. The van der Waals surface area contributed by atoms with Crippen LogP contribution in [-0.2, 0) is 0 Å². The summed E-state index contributed by atoms with van der Waals surface area (Å²) in [5.74, 6) is 0.637. The van der Waals surface area contributed by atoms with Gasteiger partial charge in [-0.15, -0.1) is 11.3 Å². The molecule has 0 aliphatic heterocycles. The van der Waals surface area contributed by atoms with Gasteiger partial charge in [-0.3, -0.25) is 0 Å². The number of aromatic nitrogens is 1. The lowest BCUT2D eigenvalue weighted by atomic mass is 10.1. The van der Waals surface area contributed by atoms with Crippen LogP contribution in [-0.4, -0.2) is 4.98 Å². The maximum Gasteiger partial charge on any atom is 0.159 e. The topological polar surface area (TPSA) is 48.7 Å². The fourth-order valence-electron chi connectivity index (χ4n) is 1.60. The molecule has 2 aromatic rings. The van der Waals surface area contributed by atoms with Crippen molar-refractivity contribution in [3.8, 4) is 6.07 Å². The van der Waals surface area contributed by atoms with Gasteiger partial charge in [-0.2, -0.15) is 5.26 Å². The Hall–Kier alpha value is -1.86. The van der Waals surface area contributed by atoms with E-state index in [1.165, 1.54) is 22.5 Å². The molecule has 3 nitrogen and oxygen atoms in total. The normalized spacial score (nSPS) is 9.81. The third-order valence-corrected chi connectivity index (χ3v) is 2.88. The first-order chi connectivity index (χ1) is 7.69. The Morgan fingerprint density at radius 1 is 1.25 bits per heavy atom. The van der Waals surface area contributed by atoms with Crippen LogP contribution in [0.15, 0.2) is 23.7 Å². The molecule has 1 aromatic heterocycles.